The van der Waals surface area contributed by atoms with Gasteiger partial charge in [0.1, 0.15) is 17.2 Å². The molecule has 2 aromatic carbocycles. The van der Waals surface area contributed by atoms with Crippen LogP contribution in [0.25, 0.3) is 0 Å². The summed E-state index contributed by atoms with van der Waals surface area (Å²) in [6, 6.07) is 9.61. The molecular weight excluding hydrogens is 394 g/mol. The van der Waals surface area contributed by atoms with Crippen LogP contribution in [0.4, 0.5) is 5.69 Å². The lowest BCUT2D eigenvalue weighted by molar-refractivity contribution is -0.384. The highest BCUT2D eigenvalue weighted by Gasteiger charge is 2.12. The van der Waals surface area contributed by atoms with Crippen LogP contribution in [0, 0.1) is 10.1 Å². The summed E-state index contributed by atoms with van der Waals surface area (Å²) in [7, 11) is 1.58. The van der Waals surface area contributed by atoms with Gasteiger partial charge in [-0.15, -0.1) is 0 Å². The Hall–Kier alpha value is -1.60. The highest BCUT2D eigenvalue weighted by atomic mass is 79.9. The number of rotatable bonds is 4. The number of ether oxygens (including phenoxy) is 2. The van der Waals surface area contributed by atoms with Gasteiger partial charge >= 0.3 is 0 Å². The van der Waals surface area contributed by atoms with Crippen molar-refractivity contribution >= 4 is 37.5 Å². The minimum atomic E-state index is -0.460. The predicted molar refractivity (Wildman–Crippen MR) is 81.6 cm³/mol. The van der Waals surface area contributed by atoms with Gasteiger partial charge in [0.25, 0.3) is 5.69 Å². The first-order valence-electron chi connectivity index (χ1n) is 5.46. The van der Waals surface area contributed by atoms with E-state index in [0.29, 0.717) is 21.7 Å². The summed E-state index contributed by atoms with van der Waals surface area (Å²) in [5.41, 5.74) is -0.00183. The van der Waals surface area contributed by atoms with E-state index in [9.17, 15) is 10.1 Å². The summed E-state index contributed by atoms with van der Waals surface area (Å²) in [5, 5.41) is 10.7. The molecule has 0 unspecified atom stereocenters. The molecule has 0 aliphatic rings. The minimum Gasteiger partial charge on any atom is -0.497 e. The normalized spacial score (nSPS) is 10.2. The van der Waals surface area contributed by atoms with Crippen molar-refractivity contribution in [3.8, 4) is 17.2 Å². The second kappa shape index (κ2) is 6.23. The second-order valence-electron chi connectivity index (χ2n) is 3.77. The Morgan fingerprint density at radius 2 is 1.65 bits per heavy atom. The molecule has 0 atom stereocenters. The van der Waals surface area contributed by atoms with Gasteiger partial charge in [0.05, 0.1) is 21.0 Å². The summed E-state index contributed by atoms with van der Waals surface area (Å²) < 4.78 is 12.0. The van der Waals surface area contributed by atoms with Gasteiger partial charge in [-0.3, -0.25) is 10.1 Å². The number of non-ortho nitro benzene ring substituents is 1. The van der Waals surface area contributed by atoms with Crippen molar-refractivity contribution in [2.24, 2.45) is 0 Å². The van der Waals surface area contributed by atoms with Crippen LogP contribution in [0.2, 0.25) is 0 Å². The topological polar surface area (TPSA) is 61.6 Å². The van der Waals surface area contributed by atoms with E-state index in [2.05, 4.69) is 31.9 Å². The molecule has 0 saturated carbocycles. The fourth-order valence-electron chi connectivity index (χ4n) is 1.50. The molecule has 0 bridgehead atoms. The summed E-state index contributed by atoms with van der Waals surface area (Å²) in [4.78, 5) is 10.2. The maximum atomic E-state index is 10.7. The zero-order valence-corrected chi connectivity index (χ0v) is 13.5. The minimum absolute atomic E-state index is 0.00183. The summed E-state index contributed by atoms with van der Waals surface area (Å²) >= 11 is 6.64. The van der Waals surface area contributed by atoms with E-state index in [1.165, 1.54) is 12.1 Å². The van der Waals surface area contributed by atoms with Gasteiger partial charge in [0.15, 0.2) is 0 Å². The molecular formula is C13H9Br2NO4. The number of nitro benzene ring substituents is 1. The third-order valence-corrected chi connectivity index (χ3v) is 3.72. The van der Waals surface area contributed by atoms with E-state index < -0.39 is 4.92 Å². The predicted octanol–water partition coefficient (Wildman–Crippen LogP) is 4.92. The summed E-state index contributed by atoms with van der Waals surface area (Å²) in [6.45, 7) is 0. The first-order chi connectivity index (χ1) is 9.51. The van der Waals surface area contributed by atoms with Crippen molar-refractivity contribution in [3.05, 3.63) is 55.5 Å². The van der Waals surface area contributed by atoms with Gasteiger partial charge in [-0.05, 0) is 56.1 Å². The zero-order valence-electron chi connectivity index (χ0n) is 10.3. The molecule has 2 aromatic rings. The van der Waals surface area contributed by atoms with Crippen LogP contribution in [0.15, 0.2) is 45.3 Å². The standard InChI is InChI=1S/C13H9Br2NO4/c1-19-9-3-5-13(11(15)7-9)20-12-4-2-8(16(17)18)6-10(12)14/h2-7H,1H3. The number of halogens is 2. The molecule has 0 aliphatic carbocycles. The lowest BCUT2D eigenvalue weighted by atomic mass is 10.3. The Morgan fingerprint density at radius 3 is 2.15 bits per heavy atom. The number of hydrogen-bond donors (Lipinski definition) is 0. The molecule has 0 fully saturated rings. The molecule has 2 rings (SSSR count). The van der Waals surface area contributed by atoms with Gasteiger partial charge in [0, 0.05) is 12.1 Å². The Bertz CT molecular complexity index is 661. The van der Waals surface area contributed by atoms with E-state index in [1.54, 1.807) is 31.4 Å². The van der Waals surface area contributed by atoms with Crippen LogP contribution in [-0.2, 0) is 0 Å². The Kier molecular flexibility index (Phi) is 4.61. The van der Waals surface area contributed by atoms with E-state index in [1.807, 2.05) is 0 Å². The molecule has 0 amide bonds. The molecule has 0 saturated heterocycles. The molecule has 0 radical (unpaired) electrons. The van der Waals surface area contributed by atoms with Gasteiger partial charge in [-0.1, -0.05) is 0 Å². The Morgan fingerprint density at radius 1 is 1.05 bits per heavy atom. The maximum Gasteiger partial charge on any atom is 0.270 e. The van der Waals surface area contributed by atoms with Gasteiger partial charge in [0.2, 0.25) is 0 Å². The van der Waals surface area contributed by atoms with Crippen molar-refractivity contribution in [1.82, 2.24) is 0 Å². The highest BCUT2D eigenvalue weighted by Crippen LogP contribution is 2.37. The molecule has 20 heavy (non-hydrogen) atoms. The summed E-state index contributed by atoms with van der Waals surface area (Å²) in [5.74, 6) is 1.77. The molecule has 7 heteroatoms. The SMILES string of the molecule is COc1ccc(Oc2ccc([N+](=O)[O-])cc2Br)c(Br)c1. The molecule has 0 heterocycles. The van der Waals surface area contributed by atoms with Crippen LogP contribution in [-0.4, -0.2) is 12.0 Å². The van der Waals surface area contributed by atoms with Crippen molar-refractivity contribution in [1.29, 1.82) is 0 Å². The van der Waals surface area contributed by atoms with E-state index in [-0.39, 0.29) is 5.69 Å². The van der Waals surface area contributed by atoms with E-state index in [4.69, 9.17) is 9.47 Å². The van der Waals surface area contributed by atoms with Crippen molar-refractivity contribution in [3.63, 3.8) is 0 Å². The van der Waals surface area contributed by atoms with Gasteiger partial charge in [-0.25, -0.2) is 0 Å². The Balaban J connectivity index is 2.28. The van der Waals surface area contributed by atoms with Crippen LogP contribution in [0.1, 0.15) is 0 Å². The fourth-order valence-corrected chi connectivity index (χ4v) is 2.38. The third-order valence-electron chi connectivity index (χ3n) is 2.49. The van der Waals surface area contributed by atoms with Crippen molar-refractivity contribution in [2.45, 2.75) is 0 Å². The molecule has 0 spiro atoms. The first-order valence-corrected chi connectivity index (χ1v) is 7.05. The molecule has 0 N–H and O–H groups in total. The molecule has 5 nitrogen and oxygen atoms in total. The number of nitro groups is 1. The maximum absolute atomic E-state index is 10.7. The van der Waals surface area contributed by atoms with Crippen LogP contribution in [0.5, 0.6) is 17.2 Å². The van der Waals surface area contributed by atoms with Gasteiger partial charge < -0.3 is 9.47 Å². The third kappa shape index (κ3) is 3.29. The average molecular weight is 403 g/mol. The molecule has 0 aromatic heterocycles. The molecule has 0 aliphatic heterocycles. The molecule has 104 valence electrons. The average Bonchev–Trinajstić information content (AvgIpc) is 2.42. The van der Waals surface area contributed by atoms with E-state index >= 15 is 0 Å². The number of benzene rings is 2. The number of nitrogens with zero attached hydrogens (tertiary/aromatic N) is 1. The Labute approximate surface area is 131 Å². The monoisotopic (exact) mass is 401 g/mol. The quantitative estimate of drug-likeness (QED) is 0.537. The van der Waals surface area contributed by atoms with Crippen LogP contribution in [0.3, 0.4) is 0 Å². The second-order valence-corrected chi connectivity index (χ2v) is 5.48. The number of methoxy groups -OCH3 is 1. The van der Waals surface area contributed by atoms with Crippen LogP contribution >= 0.6 is 31.9 Å². The fraction of sp³-hybridized carbons (Fsp3) is 0.0769. The smallest absolute Gasteiger partial charge is 0.270 e. The number of hydrogen-bond acceptors (Lipinski definition) is 4. The first kappa shape index (κ1) is 14.8. The zero-order chi connectivity index (χ0) is 14.7. The van der Waals surface area contributed by atoms with E-state index in [0.717, 1.165) is 4.47 Å². The highest BCUT2D eigenvalue weighted by molar-refractivity contribution is 9.11. The van der Waals surface area contributed by atoms with Crippen molar-refractivity contribution < 1.29 is 14.4 Å². The van der Waals surface area contributed by atoms with Crippen molar-refractivity contribution in [2.75, 3.05) is 7.11 Å². The largest absolute Gasteiger partial charge is 0.497 e. The lowest BCUT2D eigenvalue weighted by Crippen LogP contribution is -1.91. The van der Waals surface area contributed by atoms with Gasteiger partial charge in [-0.2, -0.15) is 0 Å². The van der Waals surface area contributed by atoms with Crippen LogP contribution < -0.4 is 9.47 Å². The summed E-state index contributed by atoms with van der Waals surface area (Å²) in [6.07, 6.45) is 0. The lowest BCUT2D eigenvalue weighted by Gasteiger charge is -2.10.